The van der Waals surface area contributed by atoms with Gasteiger partial charge < -0.3 is 25.2 Å². The number of hydrogen-bond donors (Lipinski definition) is 3. The number of anilines is 2. The molecule has 1 saturated heterocycles. The number of amides is 2. The van der Waals surface area contributed by atoms with Crippen molar-refractivity contribution in [1.29, 1.82) is 0 Å². The van der Waals surface area contributed by atoms with E-state index in [0.717, 1.165) is 22.0 Å². The van der Waals surface area contributed by atoms with Crippen molar-refractivity contribution in [3.05, 3.63) is 82.3 Å². The average Bonchev–Trinajstić information content (AvgIpc) is 3.42. The summed E-state index contributed by atoms with van der Waals surface area (Å²) >= 11 is 0. The number of carbonyl (C=O) groups is 2. The van der Waals surface area contributed by atoms with Gasteiger partial charge in [-0.15, -0.1) is 0 Å². The van der Waals surface area contributed by atoms with Gasteiger partial charge in [0.15, 0.2) is 23.1 Å². The summed E-state index contributed by atoms with van der Waals surface area (Å²) in [7, 11) is 0. The highest BCUT2D eigenvalue weighted by molar-refractivity contribution is 6.06. The van der Waals surface area contributed by atoms with Crippen LogP contribution in [-0.2, 0) is 12.8 Å². The molecule has 9 nitrogen and oxygen atoms in total. The van der Waals surface area contributed by atoms with Crippen LogP contribution >= 0.6 is 0 Å². The van der Waals surface area contributed by atoms with Crippen molar-refractivity contribution in [2.45, 2.75) is 19.8 Å². The van der Waals surface area contributed by atoms with Crippen molar-refractivity contribution in [3.8, 4) is 0 Å². The van der Waals surface area contributed by atoms with Gasteiger partial charge >= 0.3 is 6.09 Å². The number of halogens is 4. The Morgan fingerprint density at radius 1 is 1.00 bits per heavy atom. The third kappa shape index (κ3) is 5.14. The van der Waals surface area contributed by atoms with Crippen molar-refractivity contribution in [1.82, 2.24) is 19.9 Å². The lowest BCUT2D eigenvalue weighted by Crippen LogP contribution is -2.48. The van der Waals surface area contributed by atoms with Gasteiger partial charge in [-0.05, 0) is 55.2 Å². The first-order valence-corrected chi connectivity index (χ1v) is 12.4. The number of nitrogens with one attached hydrogen (secondary N) is 2. The molecule has 4 aromatic rings. The third-order valence-electron chi connectivity index (χ3n) is 6.95. The van der Waals surface area contributed by atoms with Gasteiger partial charge in [0.1, 0.15) is 11.5 Å². The highest BCUT2D eigenvalue weighted by Crippen LogP contribution is 2.37. The fraction of sp³-hybridized carbons (Fsp3) is 0.259. The molecule has 0 bridgehead atoms. The highest BCUT2D eigenvalue weighted by atomic mass is 19.2. The minimum Gasteiger partial charge on any atom is -0.465 e. The molecule has 1 fully saturated rings. The normalized spacial score (nSPS) is 13.6. The average molecular weight is 557 g/mol. The van der Waals surface area contributed by atoms with Gasteiger partial charge in [0.25, 0.3) is 5.91 Å². The van der Waals surface area contributed by atoms with Crippen LogP contribution < -0.4 is 10.2 Å². The second kappa shape index (κ2) is 10.8. The van der Waals surface area contributed by atoms with Gasteiger partial charge in [-0.2, -0.15) is 0 Å². The number of rotatable bonds is 6. The Kier molecular flexibility index (Phi) is 7.28. The van der Waals surface area contributed by atoms with Crippen LogP contribution in [0.25, 0.3) is 11.2 Å². The standard InChI is InChI=1S/C27H24F4N6O3/c1-14-20(29)21(30)22(31)23(24(14)36-6-8-37(9-7-36)27(39)40)35-26(38)17-4-5-18(28)16(11-17)3-2-15-10-19-25(32-12-15)34-13-33-19/h4-5,10-13H,2-3,6-9H2,1H3,(H,35,38)(H,39,40)(H,32,33,34). The molecule has 40 heavy (non-hydrogen) atoms. The minimum atomic E-state index is -1.75. The quantitative estimate of drug-likeness (QED) is 0.235. The molecule has 0 radical (unpaired) electrons. The van der Waals surface area contributed by atoms with Gasteiger partial charge in [0, 0.05) is 43.5 Å². The number of pyridine rings is 1. The van der Waals surface area contributed by atoms with Crippen LogP contribution in [0.2, 0.25) is 0 Å². The topological polar surface area (TPSA) is 114 Å². The Labute approximate surface area is 225 Å². The summed E-state index contributed by atoms with van der Waals surface area (Å²) in [5.74, 6) is -6.13. The number of hydrogen-bond acceptors (Lipinski definition) is 5. The highest BCUT2D eigenvalue weighted by Gasteiger charge is 2.30. The molecular formula is C27H24F4N6O3. The number of aromatic amines is 1. The van der Waals surface area contributed by atoms with Gasteiger partial charge in [-0.1, -0.05) is 0 Å². The Bertz CT molecular complexity index is 1620. The summed E-state index contributed by atoms with van der Waals surface area (Å²) < 4.78 is 58.6. The Morgan fingerprint density at radius 2 is 1.75 bits per heavy atom. The second-order valence-corrected chi connectivity index (χ2v) is 9.42. The summed E-state index contributed by atoms with van der Waals surface area (Å²) in [6.45, 7) is 1.48. The van der Waals surface area contributed by atoms with Gasteiger partial charge in [-0.25, -0.2) is 32.3 Å². The lowest BCUT2D eigenvalue weighted by Gasteiger charge is -2.36. The predicted molar refractivity (Wildman–Crippen MR) is 139 cm³/mol. The van der Waals surface area contributed by atoms with E-state index in [1.54, 1.807) is 6.20 Å². The monoisotopic (exact) mass is 556 g/mol. The molecule has 0 unspecified atom stereocenters. The van der Waals surface area contributed by atoms with E-state index in [1.807, 2.05) is 6.07 Å². The van der Waals surface area contributed by atoms with Crippen LogP contribution in [0.3, 0.4) is 0 Å². The molecule has 13 heteroatoms. The molecule has 1 aliphatic heterocycles. The smallest absolute Gasteiger partial charge is 0.407 e. The first kappa shape index (κ1) is 26.9. The Balaban J connectivity index is 1.39. The maximum absolute atomic E-state index is 15.0. The number of carbonyl (C=O) groups excluding carboxylic acids is 1. The molecule has 0 spiro atoms. The number of carboxylic acid groups (broad SMARTS) is 1. The maximum Gasteiger partial charge on any atom is 0.407 e. The first-order valence-electron chi connectivity index (χ1n) is 12.4. The van der Waals surface area contributed by atoms with E-state index in [0.29, 0.717) is 12.1 Å². The van der Waals surface area contributed by atoms with E-state index in [4.69, 9.17) is 0 Å². The first-order chi connectivity index (χ1) is 19.1. The molecule has 2 amide bonds. The molecule has 0 saturated carbocycles. The fourth-order valence-electron chi connectivity index (χ4n) is 4.78. The molecule has 3 N–H and O–H groups in total. The molecule has 2 aromatic heterocycles. The third-order valence-corrected chi connectivity index (χ3v) is 6.95. The zero-order valence-electron chi connectivity index (χ0n) is 21.3. The number of piperazine rings is 1. The van der Waals surface area contributed by atoms with Crippen molar-refractivity contribution in [3.63, 3.8) is 0 Å². The predicted octanol–water partition coefficient (Wildman–Crippen LogP) is 4.66. The molecule has 3 heterocycles. The largest absolute Gasteiger partial charge is 0.465 e. The van der Waals surface area contributed by atoms with Crippen molar-refractivity contribution >= 4 is 34.5 Å². The molecule has 1 aliphatic rings. The van der Waals surface area contributed by atoms with E-state index in [-0.39, 0.29) is 55.0 Å². The van der Waals surface area contributed by atoms with Gasteiger partial charge in [-0.3, -0.25) is 4.79 Å². The van der Waals surface area contributed by atoms with Crippen LogP contribution in [0.5, 0.6) is 0 Å². The molecule has 0 atom stereocenters. The summed E-state index contributed by atoms with van der Waals surface area (Å²) in [6.07, 6.45) is 2.65. The van der Waals surface area contributed by atoms with E-state index in [9.17, 15) is 27.9 Å². The number of H-pyrrole nitrogens is 1. The lowest BCUT2D eigenvalue weighted by molar-refractivity contribution is 0.102. The number of nitrogens with zero attached hydrogens (tertiary/aromatic N) is 4. The fourth-order valence-corrected chi connectivity index (χ4v) is 4.78. The SMILES string of the molecule is Cc1c(F)c(F)c(F)c(NC(=O)c2ccc(F)c(CCc3cnc4nc[nH]c4c3)c2)c1N1CCN(C(=O)O)CC1. The van der Waals surface area contributed by atoms with Crippen LogP contribution in [0.15, 0.2) is 36.8 Å². The lowest BCUT2D eigenvalue weighted by atomic mass is 10.0. The summed E-state index contributed by atoms with van der Waals surface area (Å²) in [5.41, 5.74) is 1.42. The van der Waals surface area contributed by atoms with Crippen molar-refractivity contribution < 1.29 is 32.3 Å². The van der Waals surface area contributed by atoms with Crippen LogP contribution in [-0.4, -0.2) is 63.1 Å². The summed E-state index contributed by atoms with van der Waals surface area (Å²) in [4.78, 5) is 38.3. The van der Waals surface area contributed by atoms with Crippen LogP contribution in [0.4, 0.5) is 33.7 Å². The van der Waals surface area contributed by atoms with Crippen molar-refractivity contribution in [2.75, 3.05) is 36.4 Å². The zero-order chi connectivity index (χ0) is 28.6. The van der Waals surface area contributed by atoms with Gasteiger partial charge in [0.2, 0.25) is 0 Å². The Hall–Kier alpha value is -4.68. The van der Waals surface area contributed by atoms with Crippen LogP contribution in [0, 0.1) is 30.2 Å². The number of aromatic nitrogens is 3. The zero-order valence-corrected chi connectivity index (χ0v) is 21.3. The second-order valence-electron chi connectivity index (χ2n) is 9.42. The van der Waals surface area contributed by atoms with E-state index in [2.05, 4.69) is 20.3 Å². The van der Waals surface area contributed by atoms with Crippen LogP contribution in [0.1, 0.15) is 27.0 Å². The number of benzene rings is 2. The molecule has 2 aromatic carbocycles. The maximum atomic E-state index is 15.0. The number of aryl methyl sites for hydroxylation is 2. The summed E-state index contributed by atoms with van der Waals surface area (Å²) in [6, 6.07) is 5.49. The number of fused-ring (bicyclic) bond motifs is 1. The van der Waals surface area contributed by atoms with E-state index >= 15 is 4.39 Å². The van der Waals surface area contributed by atoms with Crippen molar-refractivity contribution in [2.24, 2.45) is 0 Å². The van der Waals surface area contributed by atoms with E-state index in [1.165, 1.54) is 30.3 Å². The molecule has 5 rings (SSSR count). The minimum absolute atomic E-state index is 0.0121. The summed E-state index contributed by atoms with van der Waals surface area (Å²) in [5, 5.41) is 11.5. The molecule has 0 aliphatic carbocycles. The molecule has 208 valence electrons. The number of imidazole rings is 1. The van der Waals surface area contributed by atoms with E-state index < -0.39 is 41.0 Å². The van der Waals surface area contributed by atoms with Gasteiger partial charge in [0.05, 0.1) is 17.5 Å². The molecular weight excluding hydrogens is 532 g/mol. The Morgan fingerprint density at radius 3 is 2.48 bits per heavy atom.